The first-order valence-electron chi connectivity index (χ1n) is 5.59. The molecule has 2 aromatic rings. The van der Waals surface area contributed by atoms with Crippen molar-refractivity contribution in [1.29, 1.82) is 0 Å². The number of carboxylic acid groups (broad SMARTS) is 1. The quantitative estimate of drug-likeness (QED) is 0.679. The monoisotopic (exact) mass is 294 g/mol. The summed E-state index contributed by atoms with van der Waals surface area (Å²) in [4.78, 5) is 10.4. The van der Waals surface area contributed by atoms with Crippen LogP contribution < -0.4 is 4.46 Å². The first kappa shape index (κ1) is 12.2. The molecule has 0 aliphatic heterocycles. The van der Waals surface area contributed by atoms with Crippen LogP contribution in [0.15, 0.2) is 42.5 Å². The van der Waals surface area contributed by atoms with Crippen LogP contribution in [0, 0.1) is 0 Å². The summed E-state index contributed by atoms with van der Waals surface area (Å²) in [5, 5.41) is 12.1. The molecule has 0 bridgehead atoms. The molecule has 0 atom stereocenters. The predicted octanol–water partition coefficient (Wildman–Crippen LogP) is 2.45. The van der Waals surface area contributed by atoms with Crippen LogP contribution in [-0.2, 0) is 4.79 Å². The van der Waals surface area contributed by atoms with E-state index in [2.05, 4.69) is 30.3 Å². The van der Waals surface area contributed by atoms with Gasteiger partial charge in [0.2, 0.25) is 0 Å². The Hall–Kier alpha value is -1.31. The van der Waals surface area contributed by atoms with Crippen molar-refractivity contribution >= 4 is 36.2 Å². The Balaban J connectivity index is 1.97. The molecule has 0 aromatic heterocycles. The van der Waals surface area contributed by atoms with Crippen LogP contribution in [0.5, 0.6) is 0 Å². The molecular formula is C14H14O2Se. The number of carboxylic acids is 1. The molecule has 1 N–H and O–H groups in total. The summed E-state index contributed by atoms with van der Waals surface area (Å²) in [5.41, 5.74) is 0. The van der Waals surface area contributed by atoms with Crippen molar-refractivity contribution in [3.05, 3.63) is 42.5 Å². The van der Waals surface area contributed by atoms with E-state index in [-0.39, 0.29) is 6.42 Å². The molecule has 2 nitrogen and oxygen atoms in total. The zero-order valence-electron chi connectivity index (χ0n) is 9.43. The third kappa shape index (κ3) is 3.58. The van der Waals surface area contributed by atoms with Crippen LogP contribution in [0.3, 0.4) is 0 Å². The van der Waals surface area contributed by atoms with Crippen molar-refractivity contribution in [1.82, 2.24) is 0 Å². The topological polar surface area (TPSA) is 37.3 Å². The van der Waals surface area contributed by atoms with Crippen LogP contribution in [0.1, 0.15) is 12.8 Å². The molecule has 0 saturated carbocycles. The van der Waals surface area contributed by atoms with Crippen LogP contribution in [0.4, 0.5) is 0 Å². The van der Waals surface area contributed by atoms with E-state index in [1.54, 1.807) is 0 Å². The van der Waals surface area contributed by atoms with E-state index in [4.69, 9.17) is 5.11 Å². The summed E-state index contributed by atoms with van der Waals surface area (Å²) >= 11 is 0.388. The van der Waals surface area contributed by atoms with E-state index < -0.39 is 5.97 Å². The number of hydrogen-bond donors (Lipinski definition) is 1. The second kappa shape index (κ2) is 5.85. The molecule has 2 rings (SSSR count). The van der Waals surface area contributed by atoms with E-state index in [0.29, 0.717) is 15.0 Å². The second-order valence-corrected chi connectivity index (χ2v) is 6.31. The first-order valence-corrected chi connectivity index (χ1v) is 7.66. The van der Waals surface area contributed by atoms with E-state index in [0.717, 1.165) is 11.7 Å². The van der Waals surface area contributed by atoms with E-state index in [1.807, 2.05) is 12.1 Å². The van der Waals surface area contributed by atoms with E-state index >= 15 is 0 Å². The van der Waals surface area contributed by atoms with E-state index in [1.165, 1.54) is 15.2 Å². The zero-order valence-corrected chi connectivity index (χ0v) is 11.1. The van der Waals surface area contributed by atoms with Gasteiger partial charge in [0.25, 0.3) is 0 Å². The number of hydrogen-bond acceptors (Lipinski definition) is 1. The van der Waals surface area contributed by atoms with Gasteiger partial charge < -0.3 is 0 Å². The van der Waals surface area contributed by atoms with Gasteiger partial charge in [-0.05, 0) is 0 Å². The Morgan fingerprint density at radius 1 is 1.12 bits per heavy atom. The van der Waals surface area contributed by atoms with Gasteiger partial charge in [0.15, 0.2) is 0 Å². The number of aliphatic carboxylic acids is 1. The number of carbonyl (C=O) groups is 1. The number of fused-ring (bicyclic) bond motifs is 1. The van der Waals surface area contributed by atoms with Gasteiger partial charge in [-0.25, -0.2) is 0 Å². The summed E-state index contributed by atoms with van der Waals surface area (Å²) in [5.74, 6) is -0.695. The molecule has 88 valence electrons. The zero-order chi connectivity index (χ0) is 12.1. The van der Waals surface area contributed by atoms with Gasteiger partial charge in [-0.2, -0.15) is 0 Å². The maximum atomic E-state index is 10.4. The number of rotatable bonds is 5. The molecule has 0 aliphatic carbocycles. The average molecular weight is 293 g/mol. The minimum atomic E-state index is -0.695. The fraction of sp³-hybridized carbons (Fsp3) is 0.214. The van der Waals surface area contributed by atoms with Gasteiger partial charge in [-0.1, -0.05) is 0 Å². The molecule has 0 fully saturated rings. The average Bonchev–Trinajstić information content (AvgIpc) is 2.34. The molecule has 0 spiro atoms. The third-order valence-electron chi connectivity index (χ3n) is 2.52. The molecule has 0 aliphatic rings. The Morgan fingerprint density at radius 3 is 2.65 bits per heavy atom. The molecule has 17 heavy (non-hydrogen) atoms. The Morgan fingerprint density at radius 2 is 1.88 bits per heavy atom. The van der Waals surface area contributed by atoms with Crippen molar-refractivity contribution in [3.8, 4) is 0 Å². The Kier molecular flexibility index (Phi) is 4.18. The Labute approximate surface area is 107 Å². The van der Waals surface area contributed by atoms with Gasteiger partial charge in [0.05, 0.1) is 0 Å². The van der Waals surface area contributed by atoms with Crippen molar-refractivity contribution in [2.75, 3.05) is 0 Å². The standard InChI is InChI=1S/C14H14O2Se/c15-14(16)6-3-9-17-13-8-7-11-4-1-2-5-12(11)10-13/h1-2,4-5,7-8,10H,3,6,9H2,(H,15,16). The van der Waals surface area contributed by atoms with Crippen LogP contribution in [0.2, 0.25) is 5.32 Å². The molecule has 0 heterocycles. The van der Waals surface area contributed by atoms with Gasteiger partial charge >= 0.3 is 107 Å². The molecule has 0 amide bonds. The first-order chi connectivity index (χ1) is 8.25. The van der Waals surface area contributed by atoms with Crippen LogP contribution in [0.25, 0.3) is 10.8 Å². The van der Waals surface area contributed by atoms with Crippen molar-refractivity contribution < 1.29 is 9.90 Å². The molecule has 0 unspecified atom stereocenters. The van der Waals surface area contributed by atoms with Crippen molar-refractivity contribution in [3.63, 3.8) is 0 Å². The fourth-order valence-corrected chi connectivity index (χ4v) is 3.56. The summed E-state index contributed by atoms with van der Waals surface area (Å²) in [7, 11) is 0. The van der Waals surface area contributed by atoms with E-state index in [9.17, 15) is 4.79 Å². The fourth-order valence-electron chi connectivity index (χ4n) is 1.67. The molecule has 0 saturated heterocycles. The van der Waals surface area contributed by atoms with Gasteiger partial charge in [-0.3, -0.25) is 0 Å². The normalized spacial score (nSPS) is 10.6. The third-order valence-corrected chi connectivity index (χ3v) is 4.79. The minimum absolute atomic E-state index is 0.287. The molecule has 2 aromatic carbocycles. The number of benzene rings is 2. The Bertz CT molecular complexity index is 522. The van der Waals surface area contributed by atoms with Gasteiger partial charge in [0, 0.05) is 0 Å². The van der Waals surface area contributed by atoms with Crippen LogP contribution >= 0.6 is 0 Å². The van der Waals surface area contributed by atoms with Gasteiger partial charge in [-0.15, -0.1) is 0 Å². The van der Waals surface area contributed by atoms with Crippen molar-refractivity contribution in [2.45, 2.75) is 18.2 Å². The maximum absolute atomic E-state index is 10.4. The second-order valence-electron chi connectivity index (χ2n) is 3.85. The summed E-state index contributed by atoms with van der Waals surface area (Å²) in [6.07, 6.45) is 1.07. The van der Waals surface area contributed by atoms with Gasteiger partial charge in [0.1, 0.15) is 0 Å². The predicted molar refractivity (Wildman–Crippen MR) is 71.0 cm³/mol. The summed E-state index contributed by atoms with van der Waals surface area (Å²) in [6, 6.07) is 14.8. The summed E-state index contributed by atoms with van der Waals surface area (Å²) < 4.78 is 1.35. The molecule has 3 heteroatoms. The molecule has 0 radical (unpaired) electrons. The van der Waals surface area contributed by atoms with Crippen molar-refractivity contribution in [2.24, 2.45) is 0 Å². The summed E-state index contributed by atoms with van der Waals surface area (Å²) in [6.45, 7) is 0. The molecular weight excluding hydrogens is 279 g/mol. The SMILES string of the molecule is O=C(O)CCC[Se]c1ccc2ccccc2c1. The van der Waals surface area contributed by atoms with Crippen LogP contribution in [-0.4, -0.2) is 26.0 Å².